The summed E-state index contributed by atoms with van der Waals surface area (Å²) in [7, 11) is 1.82. The Bertz CT molecular complexity index is 271. The summed E-state index contributed by atoms with van der Waals surface area (Å²) in [4.78, 5) is 2.69. The predicted octanol–water partition coefficient (Wildman–Crippen LogP) is 5.12. The Hall–Kier alpha value is -0.120. The lowest BCUT2D eigenvalue weighted by Crippen LogP contribution is -2.54. The van der Waals surface area contributed by atoms with Gasteiger partial charge in [-0.05, 0) is 19.3 Å². The lowest BCUT2D eigenvalue weighted by molar-refractivity contribution is -0.00242. The van der Waals surface area contributed by atoms with Crippen LogP contribution in [0.15, 0.2) is 0 Å². The second-order valence-electron chi connectivity index (χ2n) is 7.78. The second kappa shape index (κ2) is 14.1. The fourth-order valence-electron chi connectivity index (χ4n) is 4.02. The Labute approximate surface area is 151 Å². The van der Waals surface area contributed by atoms with Crippen LogP contribution >= 0.6 is 0 Å². The number of piperidine rings is 1. The Kier molecular flexibility index (Phi) is 12.9. The summed E-state index contributed by atoms with van der Waals surface area (Å²) in [6.07, 6.45) is 17.9. The molecular weight excluding hydrogens is 296 g/mol. The van der Waals surface area contributed by atoms with Crippen molar-refractivity contribution in [3.8, 4) is 0 Å². The van der Waals surface area contributed by atoms with Crippen LogP contribution in [0.2, 0.25) is 0 Å². The molecule has 1 aliphatic rings. The van der Waals surface area contributed by atoms with Gasteiger partial charge in [0.15, 0.2) is 0 Å². The van der Waals surface area contributed by atoms with Gasteiger partial charge < -0.3 is 10.5 Å². The lowest BCUT2D eigenvalue weighted by atomic mass is 9.95. The number of hydrogen-bond acceptors (Lipinski definition) is 3. The van der Waals surface area contributed by atoms with Gasteiger partial charge in [0.1, 0.15) is 0 Å². The number of methoxy groups -OCH3 is 1. The van der Waals surface area contributed by atoms with Crippen molar-refractivity contribution in [2.24, 2.45) is 5.73 Å². The molecule has 3 nitrogen and oxygen atoms in total. The Morgan fingerprint density at radius 1 is 0.917 bits per heavy atom. The molecule has 0 bridgehead atoms. The van der Waals surface area contributed by atoms with E-state index in [1.807, 2.05) is 7.11 Å². The topological polar surface area (TPSA) is 38.5 Å². The number of nitrogens with two attached hydrogens (primary N) is 1. The zero-order chi connectivity index (χ0) is 17.6. The second-order valence-corrected chi connectivity index (χ2v) is 7.78. The number of nitrogens with zero attached hydrogens (tertiary/aromatic N) is 1. The van der Waals surface area contributed by atoms with Crippen LogP contribution in [0.25, 0.3) is 0 Å². The monoisotopic (exact) mass is 340 g/mol. The van der Waals surface area contributed by atoms with Crippen LogP contribution in [0.1, 0.15) is 97.3 Å². The normalized spacial score (nSPS) is 22.4. The van der Waals surface area contributed by atoms with Gasteiger partial charge in [0.2, 0.25) is 0 Å². The summed E-state index contributed by atoms with van der Waals surface area (Å²) in [5.74, 6) is 0. The molecule has 0 aromatic rings. The first-order chi connectivity index (χ1) is 11.7. The van der Waals surface area contributed by atoms with Crippen LogP contribution in [0, 0.1) is 0 Å². The first kappa shape index (κ1) is 21.9. The Morgan fingerprint density at radius 3 is 1.96 bits per heavy atom. The molecule has 1 saturated heterocycles. The van der Waals surface area contributed by atoms with Crippen LogP contribution < -0.4 is 5.73 Å². The highest BCUT2D eigenvalue weighted by Gasteiger charge is 2.30. The van der Waals surface area contributed by atoms with E-state index in [9.17, 15) is 0 Å². The highest BCUT2D eigenvalue weighted by Crippen LogP contribution is 2.22. The summed E-state index contributed by atoms with van der Waals surface area (Å²) in [5, 5.41) is 0. The smallest absolute Gasteiger partial charge is 0.0849 e. The molecule has 0 unspecified atom stereocenters. The van der Waals surface area contributed by atoms with Crippen molar-refractivity contribution in [1.82, 2.24) is 4.90 Å². The van der Waals surface area contributed by atoms with E-state index in [4.69, 9.17) is 10.5 Å². The summed E-state index contributed by atoms with van der Waals surface area (Å²) in [6, 6.07) is 0.972. The van der Waals surface area contributed by atoms with Crippen molar-refractivity contribution >= 4 is 0 Å². The molecule has 3 heteroatoms. The first-order valence-corrected chi connectivity index (χ1v) is 10.7. The average molecular weight is 341 g/mol. The van der Waals surface area contributed by atoms with E-state index < -0.39 is 0 Å². The standard InChI is InChI=1S/C21H44N2O/c1-4-6-8-10-12-14-19(15-13-11-9-7-5-2)23-17-16-20(22)21(18-23)24-3/h19-21H,4-18,22H2,1-3H3/t20-,21-/m1/s1. The molecule has 144 valence electrons. The minimum Gasteiger partial charge on any atom is -0.379 e. The number of ether oxygens (including phenoxy) is 1. The number of rotatable bonds is 14. The zero-order valence-electron chi connectivity index (χ0n) is 16.8. The van der Waals surface area contributed by atoms with Gasteiger partial charge in [0, 0.05) is 32.3 Å². The Morgan fingerprint density at radius 2 is 1.46 bits per heavy atom. The minimum absolute atomic E-state index is 0.223. The molecule has 1 rings (SSSR count). The third-order valence-electron chi connectivity index (χ3n) is 5.74. The number of hydrogen-bond donors (Lipinski definition) is 1. The molecule has 0 amide bonds. The van der Waals surface area contributed by atoms with Crippen molar-refractivity contribution in [1.29, 1.82) is 0 Å². The zero-order valence-corrected chi connectivity index (χ0v) is 16.8. The maximum absolute atomic E-state index is 6.21. The number of likely N-dealkylation sites (tertiary alicyclic amines) is 1. The van der Waals surface area contributed by atoms with E-state index in [0.29, 0.717) is 0 Å². The average Bonchev–Trinajstić information content (AvgIpc) is 2.60. The Balaban J connectivity index is 2.40. The molecule has 0 aliphatic carbocycles. The lowest BCUT2D eigenvalue weighted by Gasteiger charge is -2.40. The van der Waals surface area contributed by atoms with Crippen molar-refractivity contribution in [3.63, 3.8) is 0 Å². The molecule has 0 radical (unpaired) electrons. The molecule has 2 atom stereocenters. The fourth-order valence-corrected chi connectivity index (χ4v) is 4.02. The molecule has 1 fully saturated rings. The maximum atomic E-state index is 6.21. The third-order valence-corrected chi connectivity index (χ3v) is 5.74. The van der Waals surface area contributed by atoms with Crippen LogP contribution in [0.5, 0.6) is 0 Å². The summed E-state index contributed by atoms with van der Waals surface area (Å²) >= 11 is 0. The van der Waals surface area contributed by atoms with Gasteiger partial charge in [0.25, 0.3) is 0 Å². The van der Waals surface area contributed by atoms with E-state index in [2.05, 4.69) is 18.7 Å². The van der Waals surface area contributed by atoms with E-state index in [1.54, 1.807) is 0 Å². The molecule has 24 heavy (non-hydrogen) atoms. The van der Waals surface area contributed by atoms with Gasteiger partial charge in [-0.15, -0.1) is 0 Å². The van der Waals surface area contributed by atoms with Gasteiger partial charge in [-0.1, -0.05) is 78.1 Å². The van der Waals surface area contributed by atoms with E-state index in [1.165, 1.54) is 77.0 Å². The highest BCUT2D eigenvalue weighted by molar-refractivity contribution is 4.87. The molecular formula is C21H44N2O. The molecule has 0 aromatic heterocycles. The predicted molar refractivity (Wildman–Crippen MR) is 106 cm³/mol. The maximum Gasteiger partial charge on any atom is 0.0849 e. The van der Waals surface area contributed by atoms with E-state index in [-0.39, 0.29) is 12.1 Å². The van der Waals surface area contributed by atoms with Gasteiger partial charge in [0.05, 0.1) is 6.10 Å². The molecule has 0 saturated carbocycles. The largest absolute Gasteiger partial charge is 0.379 e. The molecule has 1 aliphatic heterocycles. The van der Waals surface area contributed by atoms with Crippen LogP contribution in [-0.2, 0) is 4.74 Å². The van der Waals surface area contributed by atoms with Gasteiger partial charge in [-0.25, -0.2) is 0 Å². The number of unbranched alkanes of at least 4 members (excludes halogenated alkanes) is 8. The van der Waals surface area contributed by atoms with Crippen LogP contribution in [0.4, 0.5) is 0 Å². The van der Waals surface area contributed by atoms with E-state index >= 15 is 0 Å². The van der Waals surface area contributed by atoms with Gasteiger partial charge in [-0.2, -0.15) is 0 Å². The first-order valence-electron chi connectivity index (χ1n) is 10.7. The summed E-state index contributed by atoms with van der Waals surface area (Å²) in [5.41, 5.74) is 6.21. The van der Waals surface area contributed by atoms with E-state index in [0.717, 1.165) is 25.6 Å². The van der Waals surface area contributed by atoms with Crippen molar-refractivity contribution < 1.29 is 4.74 Å². The third kappa shape index (κ3) is 8.82. The quantitative estimate of drug-likeness (QED) is 0.446. The molecule has 0 spiro atoms. The van der Waals surface area contributed by atoms with Crippen molar-refractivity contribution in [3.05, 3.63) is 0 Å². The molecule has 0 aromatic carbocycles. The van der Waals surface area contributed by atoms with Crippen molar-refractivity contribution in [2.75, 3.05) is 20.2 Å². The van der Waals surface area contributed by atoms with Crippen LogP contribution in [0.3, 0.4) is 0 Å². The summed E-state index contributed by atoms with van der Waals surface area (Å²) in [6.45, 7) is 6.78. The minimum atomic E-state index is 0.223. The highest BCUT2D eigenvalue weighted by atomic mass is 16.5. The molecule has 2 N–H and O–H groups in total. The fraction of sp³-hybridized carbons (Fsp3) is 1.00. The van der Waals surface area contributed by atoms with Gasteiger partial charge >= 0.3 is 0 Å². The van der Waals surface area contributed by atoms with Gasteiger partial charge in [-0.3, -0.25) is 4.90 Å². The van der Waals surface area contributed by atoms with Crippen LogP contribution in [-0.4, -0.2) is 43.3 Å². The van der Waals surface area contributed by atoms with Crippen molar-refractivity contribution in [2.45, 2.75) is 116 Å². The SMILES string of the molecule is CCCCCCCC(CCCCCCC)N1CC[C@@H](N)[C@H](OC)C1. The molecule has 1 heterocycles. The summed E-state index contributed by atoms with van der Waals surface area (Å²) < 4.78 is 5.63.